The van der Waals surface area contributed by atoms with Gasteiger partial charge >= 0.3 is 0 Å². The van der Waals surface area contributed by atoms with Crippen LogP contribution >= 0.6 is 11.6 Å². The summed E-state index contributed by atoms with van der Waals surface area (Å²) in [7, 11) is 0. The molecule has 0 radical (unpaired) electrons. The second kappa shape index (κ2) is 7.23. The molecule has 3 heterocycles. The van der Waals surface area contributed by atoms with Gasteiger partial charge in [0.1, 0.15) is 5.82 Å². The monoisotopic (exact) mass is 373 g/mol. The number of ether oxygens (including phenoxy) is 2. The van der Waals surface area contributed by atoms with Gasteiger partial charge in [-0.2, -0.15) is 0 Å². The third-order valence-corrected chi connectivity index (χ3v) is 5.12. The van der Waals surface area contributed by atoms with Crippen molar-refractivity contribution in [2.45, 2.75) is 18.6 Å². The predicted octanol–water partition coefficient (Wildman–Crippen LogP) is 3.33. The summed E-state index contributed by atoms with van der Waals surface area (Å²) in [6.07, 6.45) is 3.33. The first kappa shape index (κ1) is 17.3. The number of piperidine rings is 1. The molecule has 7 heteroatoms. The lowest BCUT2D eigenvalue weighted by Crippen LogP contribution is -2.45. The molecule has 2 fully saturated rings. The molecule has 1 amide bonds. The Labute approximate surface area is 157 Å². The number of amides is 1. The first-order chi connectivity index (χ1) is 12.7. The second-order valence-electron chi connectivity index (χ2n) is 6.43. The van der Waals surface area contributed by atoms with E-state index in [2.05, 4.69) is 15.2 Å². The Morgan fingerprint density at radius 1 is 1.12 bits per heavy atom. The third kappa shape index (κ3) is 3.53. The summed E-state index contributed by atoms with van der Waals surface area (Å²) in [5.41, 5.74) is 1.07. The molecule has 2 aliphatic heterocycles. The molecule has 0 atom stereocenters. The smallest absolute Gasteiger partial charge is 0.257 e. The molecule has 6 nitrogen and oxygen atoms in total. The van der Waals surface area contributed by atoms with Crippen LogP contribution in [0.15, 0.2) is 42.6 Å². The van der Waals surface area contributed by atoms with Crippen LogP contribution in [0.25, 0.3) is 0 Å². The lowest BCUT2D eigenvalue weighted by atomic mass is 10.0. The van der Waals surface area contributed by atoms with Gasteiger partial charge in [-0.05, 0) is 24.3 Å². The van der Waals surface area contributed by atoms with Gasteiger partial charge in [0.15, 0.2) is 5.79 Å². The Bertz CT molecular complexity index is 781. The maximum atomic E-state index is 12.3. The molecule has 2 aromatic rings. The van der Waals surface area contributed by atoms with Crippen LogP contribution in [0.4, 0.5) is 11.5 Å². The van der Waals surface area contributed by atoms with Crippen LogP contribution < -0.4 is 10.2 Å². The van der Waals surface area contributed by atoms with Gasteiger partial charge in [-0.25, -0.2) is 4.98 Å². The summed E-state index contributed by atoms with van der Waals surface area (Å²) < 4.78 is 11.5. The number of hydrogen-bond donors (Lipinski definition) is 1. The lowest BCUT2D eigenvalue weighted by Gasteiger charge is -2.38. The summed E-state index contributed by atoms with van der Waals surface area (Å²) in [5.74, 6) is 0.244. The van der Waals surface area contributed by atoms with E-state index < -0.39 is 0 Å². The number of benzene rings is 1. The highest BCUT2D eigenvalue weighted by molar-refractivity contribution is 6.34. The van der Waals surface area contributed by atoms with Gasteiger partial charge < -0.3 is 19.7 Å². The van der Waals surface area contributed by atoms with E-state index in [0.717, 1.165) is 31.7 Å². The van der Waals surface area contributed by atoms with Crippen molar-refractivity contribution >= 4 is 29.0 Å². The zero-order valence-corrected chi connectivity index (χ0v) is 15.0. The molecule has 1 aromatic heterocycles. The number of pyridine rings is 1. The van der Waals surface area contributed by atoms with Crippen molar-refractivity contribution in [1.82, 2.24) is 4.98 Å². The minimum atomic E-state index is -0.390. The zero-order chi connectivity index (χ0) is 18.0. The van der Waals surface area contributed by atoms with Crippen molar-refractivity contribution in [3.8, 4) is 0 Å². The van der Waals surface area contributed by atoms with E-state index in [4.69, 9.17) is 21.1 Å². The third-order valence-electron chi connectivity index (χ3n) is 4.79. The number of hydrogen-bond acceptors (Lipinski definition) is 5. The summed E-state index contributed by atoms with van der Waals surface area (Å²) in [4.78, 5) is 19.0. The summed E-state index contributed by atoms with van der Waals surface area (Å²) in [6, 6.07) is 10.7. The topological polar surface area (TPSA) is 63.7 Å². The number of halogens is 1. The van der Waals surface area contributed by atoms with Crippen LogP contribution in [0.2, 0.25) is 5.02 Å². The number of rotatable bonds is 3. The van der Waals surface area contributed by atoms with E-state index >= 15 is 0 Å². The maximum Gasteiger partial charge on any atom is 0.257 e. The fourth-order valence-electron chi connectivity index (χ4n) is 3.35. The number of anilines is 2. The Kier molecular flexibility index (Phi) is 4.80. The first-order valence-electron chi connectivity index (χ1n) is 8.70. The summed E-state index contributed by atoms with van der Waals surface area (Å²) in [5, 5.41) is 3.25. The van der Waals surface area contributed by atoms with Crippen molar-refractivity contribution in [3.63, 3.8) is 0 Å². The molecule has 1 spiro atoms. The molecule has 2 aliphatic rings. The van der Waals surface area contributed by atoms with Gasteiger partial charge in [-0.3, -0.25) is 4.79 Å². The molecule has 26 heavy (non-hydrogen) atoms. The summed E-state index contributed by atoms with van der Waals surface area (Å²) in [6.45, 7) is 3.02. The van der Waals surface area contributed by atoms with Gasteiger partial charge in [0, 0.05) is 25.9 Å². The highest BCUT2D eigenvalue weighted by Gasteiger charge is 2.39. The molecule has 136 valence electrons. The van der Waals surface area contributed by atoms with E-state index in [1.165, 1.54) is 0 Å². The van der Waals surface area contributed by atoms with Gasteiger partial charge in [0.05, 0.1) is 35.7 Å². The van der Waals surface area contributed by atoms with Crippen molar-refractivity contribution in [2.24, 2.45) is 0 Å². The van der Waals surface area contributed by atoms with Crippen LogP contribution in [-0.4, -0.2) is 43.0 Å². The standard InChI is InChI=1S/C19H20ClN3O3/c20-16-4-2-1-3-15(16)18(24)22-14-5-6-17(21-13-14)23-9-7-19(8-10-23)25-11-12-26-19/h1-6,13H,7-12H2,(H,22,24). The van der Waals surface area contributed by atoms with E-state index in [0.29, 0.717) is 29.5 Å². The van der Waals surface area contributed by atoms with Gasteiger partial charge in [-0.15, -0.1) is 0 Å². The van der Waals surface area contributed by atoms with Crippen molar-refractivity contribution < 1.29 is 14.3 Å². The SMILES string of the molecule is O=C(Nc1ccc(N2CCC3(CC2)OCCO3)nc1)c1ccccc1Cl. The van der Waals surface area contributed by atoms with E-state index in [-0.39, 0.29) is 11.7 Å². The number of aromatic nitrogens is 1. The van der Waals surface area contributed by atoms with Crippen molar-refractivity contribution in [2.75, 3.05) is 36.5 Å². The van der Waals surface area contributed by atoms with E-state index in [1.807, 2.05) is 12.1 Å². The maximum absolute atomic E-state index is 12.3. The van der Waals surface area contributed by atoms with E-state index in [1.54, 1.807) is 30.5 Å². The van der Waals surface area contributed by atoms with Crippen LogP contribution in [0.5, 0.6) is 0 Å². The molecular weight excluding hydrogens is 354 g/mol. The molecule has 0 unspecified atom stereocenters. The zero-order valence-electron chi connectivity index (χ0n) is 14.3. The molecule has 1 N–H and O–H groups in total. The average molecular weight is 374 g/mol. The molecule has 1 aromatic carbocycles. The minimum Gasteiger partial charge on any atom is -0.356 e. The molecular formula is C19H20ClN3O3. The number of nitrogens with one attached hydrogen (secondary N) is 1. The van der Waals surface area contributed by atoms with Gasteiger partial charge in [-0.1, -0.05) is 23.7 Å². The second-order valence-corrected chi connectivity index (χ2v) is 6.84. The molecule has 0 saturated carbocycles. The van der Waals surface area contributed by atoms with Crippen LogP contribution in [0.3, 0.4) is 0 Å². The largest absolute Gasteiger partial charge is 0.356 e. The Hall–Kier alpha value is -2.15. The molecule has 0 bridgehead atoms. The number of carbonyl (C=O) groups is 1. The Balaban J connectivity index is 1.38. The van der Waals surface area contributed by atoms with Crippen LogP contribution in [0, 0.1) is 0 Å². The van der Waals surface area contributed by atoms with Crippen LogP contribution in [0.1, 0.15) is 23.2 Å². The highest BCUT2D eigenvalue weighted by Crippen LogP contribution is 2.32. The number of carbonyl (C=O) groups excluding carboxylic acids is 1. The summed E-state index contributed by atoms with van der Waals surface area (Å²) >= 11 is 6.06. The average Bonchev–Trinajstić information content (AvgIpc) is 3.11. The lowest BCUT2D eigenvalue weighted by molar-refractivity contribution is -0.169. The van der Waals surface area contributed by atoms with E-state index in [9.17, 15) is 4.79 Å². The highest BCUT2D eigenvalue weighted by atomic mass is 35.5. The van der Waals surface area contributed by atoms with Crippen molar-refractivity contribution in [3.05, 3.63) is 53.2 Å². The van der Waals surface area contributed by atoms with Gasteiger partial charge in [0.25, 0.3) is 5.91 Å². The fraction of sp³-hybridized carbons (Fsp3) is 0.368. The van der Waals surface area contributed by atoms with Crippen LogP contribution in [-0.2, 0) is 9.47 Å². The fourth-order valence-corrected chi connectivity index (χ4v) is 3.57. The minimum absolute atomic E-state index is 0.249. The normalized spacial score (nSPS) is 18.9. The van der Waals surface area contributed by atoms with Gasteiger partial charge in [0.2, 0.25) is 0 Å². The predicted molar refractivity (Wildman–Crippen MR) is 99.7 cm³/mol. The Morgan fingerprint density at radius 3 is 2.50 bits per heavy atom. The first-order valence-corrected chi connectivity index (χ1v) is 9.08. The molecule has 4 rings (SSSR count). The van der Waals surface area contributed by atoms with Crippen molar-refractivity contribution in [1.29, 1.82) is 0 Å². The number of nitrogens with zero attached hydrogens (tertiary/aromatic N) is 2. The molecule has 0 aliphatic carbocycles. The Morgan fingerprint density at radius 2 is 1.85 bits per heavy atom. The quantitative estimate of drug-likeness (QED) is 0.894. The molecule has 2 saturated heterocycles.